The Kier molecular flexibility index (Phi) is 4.88. The van der Waals surface area contributed by atoms with E-state index >= 15 is 0 Å². The van der Waals surface area contributed by atoms with Gasteiger partial charge in [0.1, 0.15) is 0 Å². The van der Waals surface area contributed by atoms with E-state index in [1.54, 1.807) is 0 Å². The molecule has 0 amide bonds. The summed E-state index contributed by atoms with van der Waals surface area (Å²) in [6.45, 7) is 3.28. The number of hydrogen-bond donors (Lipinski definition) is 0. The predicted octanol–water partition coefficient (Wildman–Crippen LogP) is -0.219. The average molecular weight is 115 g/mol. The van der Waals surface area contributed by atoms with Crippen molar-refractivity contribution in [3.05, 3.63) is 12.8 Å². The Morgan fingerprint density at radius 3 is 2.67 bits per heavy atom. The highest BCUT2D eigenvalue weighted by Crippen LogP contribution is 1.64. The third-order valence-electron chi connectivity index (χ3n) is 0.173. The zero-order valence-electron chi connectivity index (χ0n) is 3.10. The Morgan fingerprint density at radius 1 is 1.83 bits per heavy atom. The lowest BCUT2D eigenvalue weighted by Gasteiger charge is -1.87. The summed E-state index contributed by atoms with van der Waals surface area (Å²) in [5, 5.41) is 0. The van der Waals surface area contributed by atoms with Crippen molar-refractivity contribution in [1.29, 1.82) is 0 Å². The zero-order chi connectivity index (χ0) is 4.83. The Hall–Kier alpha value is -0.0662. The highest BCUT2D eigenvalue weighted by Gasteiger charge is 1.78. The van der Waals surface area contributed by atoms with Crippen molar-refractivity contribution < 1.29 is 8.54 Å². The fourth-order valence-corrected chi connectivity index (χ4v) is 0.319. The van der Waals surface area contributed by atoms with Crippen LogP contribution in [0, 0.1) is 0 Å². The molecule has 0 spiro atoms. The molecular formula is C2H3O2Si2. The minimum atomic E-state index is 0.0104. The Morgan fingerprint density at radius 2 is 2.50 bits per heavy atom. The highest BCUT2D eigenvalue weighted by molar-refractivity contribution is 6.27. The van der Waals surface area contributed by atoms with Crippen LogP contribution in [0.2, 0.25) is 0 Å². The monoisotopic (exact) mass is 115 g/mol. The molecule has 5 radical (unpaired) electrons. The van der Waals surface area contributed by atoms with Gasteiger partial charge >= 0.3 is 10.0 Å². The molecule has 0 unspecified atom stereocenters. The van der Waals surface area contributed by atoms with Gasteiger partial charge in [0, 0.05) is 0 Å². The van der Waals surface area contributed by atoms with Crippen molar-refractivity contribution in [3.63, 3.8) is 0 Å². The maximum absolute atomic E-state index is 4.50. The second-order valence-corrected chi connectivity index (χ2v) is 1.69. The molecule has 31 valence electrons. The van der Waals surface area contributed by atoms with E-state index in [-0.39, 0.29) is 10.0 Å². The Balaban J connectivity index is 2.49. The van der Waals surface area contributed by atoms with Gasteiger partial charge in [0.05, 0.1) is 6.26 Å². The molecule has 0 saturated carbocycles. The molecule has 0 saturated heterocycles. The van der Waals surface area contributed by atoms with E-state index in [2.05, 4.69) is 25.6 Å². The normalized spacial score (nSPS) is 7.50. The van der Waals surface area contributed by atoms with Crippen LogP contribution >= 0.6 is 0 Å². The summed E-state index contributed by atoms with van der Waals surface area (Å²) < 4.78 is 8.83. The summed E-state index contributed by atoms with van der Waals surface area (Å²) in [4.78, 5) is 0. The van der Waals surface area contributed by atoms with Crippen LogP contribution in [-0.4, -0.2) is 20.5 Å². The smallest absolute Gasteiger partial charge is 0.508 e. The molecule has 0 aliphatic heterocycles. The summed E-state index contributed by atoms with van der Waals surface area (Å²) in [6, 6.07) is 0. The van der Waals surface area contributed by atoms with Gasteiger partial charge in [-0.2, -0.15) is 0 Å². The second kappa shape index (κ2) is 4.93. The van der Waals surface area contributed by atoms with E-state index in [1.165, 1.54) is 6.26 Å². The molecule has 6 heavy (non-hydrogen) atoms. The van der Waals surface area contributed by atoms with Crippen LogP contribution in [-0.2, 0) is 8.54 Å². The molecule has 0 N–H and O–H groups in total. The van der Waals surface area contributed by atoms with E-state index in [0.29, 0.717) is 0 Å². The van der Waals surface area contributed by atoms with Crippen molar-refractivity contribution in [3.8, 4) is 0 Å². The van der Waals surface area contributed by atoms with Crippen molar-refractivity contribution >= 4 is 20.5 Å². The van der Waals surface area contributed by atoms with Crippen molar-refractivity contribution in [2.75, 3.05) is 0 Å². The Labute approximate surface area is 42.8 Å². The summed E-state index contributed by atoms with van der Waals surface area (Å²) in [5.74, 6) is 0. The molecule has 2 nitrogen and oxygen atoms in total. The predicted molar refractivity (Wildman–Crippen MR) is 23.9 cm³/mol. The topological polar surface area (TPSA) is 18.5 Å². The SMILES string of the molecule is C=CO[Si]O[Si]. The van der Waals surface area contributed by atoms with E-state index in [1.807, 2.05) is 0 Å². The molecule has 0 bridgehead atoms. The molecule has 0 aromatic rings. The van der Waals surface area contributed by atoms with Crippen LogP contribution in [0.4, 0.5) is 0 Å². The van der Waals surface area contributed by atoms with E-state index < -0.39 is 0 Å². The van der Waals surface area contributed by atoms with Gasteiger partial charge in [-0.05, 0) is 0 Å². The molecule has 0 heterocycles. The van der Waals surface area contributed by atoms with Gasteiger partial charge < -0.3 is 8.54 Å². The van der Waals surface area contributed by atoms with Crippen LogP contribution in [0.15, 0.2) is 12.8 Å². The molecule has 4 heteroatoms. The van der Waals surface area contributed by atoms with Crippen LogP contribution in [0.25, 0.3) is 0 Å². The fraction of sp³-hybridized carbons (Fsp3) is 0. The summed E-state index contributed by atoms with van der Waals surface area (Å²) in [5.41, 5.74) is 0. The van der Waals surface area contributed by atoms with Gasteiger partial charge in [-0.15, -0.1) is 0 Å². The first kappa shape index (κ1) is 5.93. The third kappa shape index (κ3) is 3.93. The molecule has 0 aromatic carbocycles. The lowest BCUT2D eigenvalue weighted by molar-refractivity contribution is 0.430. The summed E-state index contributed by atoms with van der Waals surface area (Å²) in [7, 11) is 2.74. The minimum absolute atomic E-state index is 0.0104. The zero-order valence-corrected chi connectivity index (χ0v) is 5.10. The van der Waals surface area contributed by atoms with Crippen molar-refractivity contribution in [2.24, 2.45) is 0 Å². The lowest BCUT2D eigenvalue weighted by Crippen LogP contribution is -1.94. The van der Waals surface area contributed by atoms with Crippen LogP contribution in [0.3, 0.4) is 0 Å². The van der Waals surface area contributed by atoms with E-state index in [0.717, 1.165) is 0 Å². The number of rotatable bonds is 3. The minimum Gasteiger partial charge on any atom is -0.525 e. The number of hydrogen-bond acceptors (Lipinski definition) is 2. The second-order valence-electron chi connectivity index (χ2n) is 0.470. The molecule has 0 atom stereocenters. The quantitative estimate of drug-likeness (QED) is 0.288. The first-order chi connectivity index (χ1) is 2.91. The van der Waals surface area contributed by atoms with Crippen LogP contribution < -0.4 is 0 Å². The van der Waals surface area contributed by atoms with Crippen LogP contribution in [0.1, 0.15) is 0 Å². The van der Waals surface area contributed by atoms with E-state index in [9.17, 15) is 0 Å². The van der Waals surface area contributed by atoms with Crippen molar-refractivity contribution in [1.82, 2.24) is 0 Å². The molecule has 0 fully saturated rings. The summed E-state index contributed by atoms with van der Waals surface area (Å²) >= 11 is 0. The molecule has 0 aliphatic rings. The largest absolute Gasteiger partial charge is 0.525 e. The lowest BCUT2D eigenvalue weighted by atomic mass is 11.2. The molecule has 0 aromatic heterocycles. The Bertz CT molecular complexity index is 38.5. The van der Waals surface area contributed by atoms with Gasteiger partial charge in [-0.25, -0.2) is 0 Å². The van der Waals surface area contributed by atoms with Gasteiger partial charge in [0.2, 0.25) is 10.5 Å². The standard InChI is InChI=1S/C2H3O2Si2/c1-2-3-6-4-5/h2H,1H2. The maximum atomic E-state index is 4.50. The first-order valence-electron chi connectivity index (χ1n) is 1.26. The molecular weight excluding hydrogens is 112 g/mol. The highest BCUT2D eigenvalue weighted by atomic mass is 28.3. The molecule has 0 rings (SSSR count). The van der Waals surface area contributed by atoms with E-state index in [4.69, 9.17) is 0 Å². The van der Waals surface area contributed by atoms with Crippen LogP contribution in [0.5, 0.6) is 0 Å². The van der Waals surface area contributed by atoms with Gasteiger partial charge in [-0.3, -0.25) is 0 Å². The summed E-state index contributed by atoms with van der Waals surface area (Å²) in [6.07, 6.45) is 1.32. The average Bonchev–Trinajstić information content (AvgIpc) is 1.61. The maximum Gasteiger partial charge on any atom is 0.508 e. The molecule has 0 aliphatic carbocycles. The van der Waals surface area contributed by atoms with Gasteiger partial charge in [-0.1, -0.05) is 6.58 Å². The fourth-order valence-electron chi connectivity index (χ4n) is 0.0581. The van der Waals surface area contributed by atoms with Gasteiger partial charge in [0.25, 0.3) is 0 Å². The third-order valence-corrected chi connectivity index (χ3v) is 0.769. The van der Waals surface area contributed by atoms with Gasteiger partial charge in [0.15, 0.2) is 0 Å². The first-order valence-corrected chi connectivity index (χ1v) is 2.48. The van der Waals surface area contributed by atoms with Crippen molar-refractivity contribution in [2.45, 2.75) is 0 Å².